The van der Waals surface area contributed by atoms with E-state index in [9.17, 15) is 9.59 Å². The molecule has 3 N–H and O–H groups in total. The van der Waals surface area contributed by atoms with E-state index in [0.717, 1.165) is 17.3 Å². The van der Waals surface area contributed by atoms with Crippen molar-refractivity contribution >= 4 is 23.6 Å². The highest BCUT2D eigenvalue weighted by Crippen LogP contribution is 2.27. The van der Waals surface area contributed by atoms with Gasteiger partial charge in [0.1, 0.15) is 0 Å². The first kappa shape index (κ1) is 17.7. The van der Waals surface area contributed by atoms with Gasteiger partial charge in [0, 0.05) is 12.7 Å². The van der Waals surface area contributed by atoms with Crippen LogP contribution in [-0.4, -0.2) is 46.9 Å². The van der Waals surface area contributed by atoms with Crippen LogP contribution in [0.3, 0.4) is 0 Å². The van der Waals surface area contributed by atoms with Crippen molar-refractivity contribution in [1.29, 1.82) is 0 Å². The van der Waals surface area contributed by atoms with Crippen molar-refractivity contribution in [2.75, 3.05) is 20.0 Å². The van der Waals surface area contributed by atoms with Crippen molar-refractivity contribution < 1.29 is 24.2 Å². The van der Waals surface area contributed by atoms with Gasteiger partial charge >= 0.3 is 5.97 Å². The van der Waals surface area contributed by atoms with E-state index in [1.807, 2.05) is 6.07 Å². The molecule has 0 saturated heterocycles. The van der Waals surface area contributed by atoms with Gasteiger partial charge in [0.15, 0.2) is 22.3 Å². The number of rotatable bonds is 8. The van der Waals surface area contributed by atoms with E-state index in [0.29, 0.717) is 23.2 Å². The van der Waals surface area contributed by atoms with Crippen LogP contribution < -0.4 is 14.8 Å². The summed E-state index contributed by atoms with van der Waals surface area (Å²) in [6.07, 6.45) is 1.28. The van der Waals surface area contributed by atoms with Crippen molar-refractivity contribution in [3.05, 3.63) is 35.7 Å². The van der Waals surface area contributed by atoms with Gasteiger partial charge in [-0.2, -0.15) is 0 Å². The third kappa shape index (κ3) is 4.66. The molecule has 0 saturated carbocycles. The van der Waals surface area contributed by atoms with E-state index < -0.39 is 5.97 Å². The summed E-state index contributed by atoms with van der Waals surface area (Å²) in [7, 11) is 3.10. The third-order valence-electron chi connectivity index (χ3n) is 3.05. The van der Waals surface area contributed by atoms with Gasteiger partial charge in [-0.05, 0) is 17.7 Å². The summed E-state index contributed by atoms with van der Waals surface area (Å²) < 4.78 is 10.4. The average molecular weight is 351 g/mol. The van der Waals surface area contributed by atoms with E-state index in [4.69, 9.17) is 14.6 Å². The van der Waals surface area contributed by atoms with Crippen molar-refractivity contribution in [1.82, 2.24) is 15.3 Å². The monoisotopic (exact) mass is 351 g/mol. The molecule has 0 bridgehead atoms. The molecule has 0 aliphatic carbocycles. The number of nitrogens with one attached hydrogen (secondary N) is 2. The fourth-order valence-electron chi connectivity index (χ4n) is 1.86. The fourth-order valence-corrected chi connectivity index (χ4v) is 2.54. The topological polar surface area (TPSA) is 114 Å². The minimum Gasteiger partial charge on any atom is -0.493 e. The summed E-state index contributed by atoms with van der Waals surface area (Å²) >= 11 is 1.13. The van der Waals surface area contributed by atoms with Gasteiger partial charge in [0.05, 0.1) is 20.0 Å². The SMILES string of the molecule is COc1ccc(CNC(=O)CSc2nc(C(=O)O)c[nH]2)cc1OC. The molecule has 2 rings (SSSR count). The fraction of sp³-hybridized carbons (Fsp3) is 0.267. The van der Waals surface area contributed by atoms with Crippen LogP contribution >= 0.6 is 11.8 Å². The Morgan fingerprint density at radius 2 is 2.04 bits per heavy atom. The molecule has 0 aliphatic rings. The van der Waals surface area contributed by atoms with Crippen LogP contribution in [0, 0.1) is 0 Å². The molecule has 8 nitrogen and oxygen atoms in total. The molecule has 0 atom stereocenters. The van der Waals surface area contributed by atoms with E-state index in [1.165, 1.54) is 6.20 Å². The molecule has 0 radical (unpaired) electrons. The molecule has 1 aromatic heterocycles. The molecule has 1 aromatic carbocycles. The van der Waals surface area contributed by atoms with Crippen LogP contribution in [-0.2, 0) is 11.3 Å². The summed E-state index contributed by atoms with van der Waals surface area (Å²) in [5.74, 6) is 0.0320. The lowest BCUT2D eigenvalue weighted by Crippen LogP contribution is -2.24. The molecule has 2 aromatic rings. The predicted octanol–water partition coefficient (Wildman–Crippen LogP) is 1.53. The first-order valence-electron chi connectivity index (χ1n) is 6.92. The molecule has 0 fully saturated rings. The molecule has 0 unspecified atom stereocenters. The summed E-state index contributed by atoms with van der Waals surface area (Å²) in [6, 6.07) is 5.39. The molecule has 0 spiro atoms. The van der Waals surface area contributed by atoms with Gasteiger partial charge < -0.3 is 24.9 Å². The molecule has 24 heavy (non-hydrogen) atoms. The Labute approximate surface area is 142 Å². The number of hydrogen-bond acceptors (Lipinski definition) is 6. The number of carbonyl (C=O) groups is 2. The highest BCUT2D eigenvalue weighted by molar-refractivity contribution is 7.99. The van der Waals surface area contributed by atoms with Crippen LogP contribution in [0.1, 0.15) is 16.1 Å². The van der Waals surface area contributed by atoms with Gasteiger partial charge in [-0.1, -0.05) is 17.8 Å². The zero-order chi connectivity index (χ0) is 17.5. The number of imidazole rings is 1. The molecule has 1 amide bonds. The van der Waals surface area contributed by atoms with Crippen LogP contribution in [0.5, 0.6) is 11.5 Å². The zero-order valence-electron chi connectivity index (χ0n) is 13.2. The number of methoxy groups -OCH3 is 2. The van der Waals surface area contributed by atoms with Crippen molar-refractivity contribution in [3.8, 4) is 11.5 Å². The minimum atomic E-state index is -1.11. The normalized spacial score (nSPS) is 10.2. The minimum absolute atomic E-state index is 0.0803. The number of carboxylic acid groups (broad SMARTS) is 1. The number of benzene rings is 1. The molecule has 128 valence electrons. The zero-order valence-corrected chi connectivity index (χ0v) is 14.0. The molecule has 0 aliphatic heterocycles. The quantitative estimate of drug-likeness (QED) is 0.618. The number of ether oxygens (including phenoxy) is 2. The molecule has 1 heterocycles. The van der Waals surface area contributed by atoms with Crippen molar-refractivity contribution in [2.45, 2.75) is 11.7 Å². The van der Waals surface area contributed by atoms with Gasteiger partial charge in [-0.3, -0.25) is 4.79 Å². The largest absolute Gasteiger partial charge is 0.493 e. The maximum Gasteiger partial charge on any atom is 0.356 e. The van der Waals surface area contributed by atoms with Gasteiger partial charge in [0.25, 0.3) is 0 Å². The summed E-state index contributed by atoms with van der Waals surface area (Å²) in [5.41, 5.74) is 0.792. The Hall–Kier alpha value is -2.68. The summed E-state index contributed by atoms with van der Waals surface area (Å²) in [6.45, 7) is 0.346. The number of amides is 1. The Morgan fingerprint density at radius 3 is 2.67 bits per heavy atom. The summed E-state index contributed by atoms with van der Waals surface area (Å²) in [4.78, 5) is 29.1. The summed E-state index contributed by atoms with van der Waals surface area (Å²) in [5, 5.41) is 11.9. The first-order valence-corrected chi connectivity index (χ1v) is 7.91. The van der Waals surface area contributed by atoms with Crippen molar-refractivity contribution in [2.24, 2.45) is 0 Å². The van der Waals surface area contributed by atoms with E-state index >= 15 is 0 Å². The van der Waals surface area contributed by atoms with Crippen LogP contribution in [0.25, 0.3) is 0 Å². The maximum atomic E-state index is 11.9. The van der Waals surface area contributed by atoms with Gasteiger partial charge in [0.2, 0.25) is 5.91 Å². The molecule has 9 heteroatoms. The second kappa shape index (κ2) is 8.25. The predicted molar refractivity (Wildman–Crippen MR) is 87.7 cm³/mol. The van der Waals surface area contributed by atoms with Crippen LogP contribution in [0.2, 0.25) is 0 Å². The Morgan fingerprint density at radius 1 is 1.29 bits per heavy atom. The lowest BCUT2D eigenvalue weighted by molar-refractivity contribution is -0.118. The highest BCUT2D eigenvalue weighted by atomic mass is 32.2. The van der Waals surface area contributed by atoms with Gasteiger partial charge in [-0.25, -0.2) is 9.78 Å². The number of aromatic amines is 1. The Bertz CT molecular complexity index is 732. The average Bonchev–Trinajstić information content (AvgIpc) is 3.07. The number of carboxylic acids is 1. The van der Waals surface area contributed by atoms with E-state index in [-0.39, 0.29) is 17.4 Å². The Kier molecular flexibility index (Phi) is 6.07. The standard InChI is InChI=1S/C15H17N3O5S/c1-22-11-4-3-9(5-12(11)23-2)6-16-13(19)8-24-15-17-7-10(18-15)14(20)21/h3-5,7H,6,8H2,1-2H3,(H,16,19)(H,17,18)(H,20,21). The number of aromatic carboxylic acids is 1. The van der Waals surface area contributed by atoms with E-state index in [1.54, 1.807) is 26.4 Å². The molecular formula is C15H17N3O5S. The van der Waals surface area contributed by atoms with E-state index in [2.05, 4.69) is 15.3 Å². The number of H-pyrrole nitrogens is 1. The Balaban J connectivity index is 1.83. The number of carbonyl (C=O) groups excluding carboxylic acids is 1. The first-order chi connectivity index (χ1) is 11.5. The number of thioether (sulfide) groups is 1. The molecular weight excluding hydrogens is 334 g/mol. The maximum absolute atomic E-state index is 11.9. The number of aromatic nitrogens is 2. The number of nitrogens with zero attached hydrogens (tertiary/aromatic N) is 1. The van der Waals surface area contributed by atoms with Gasteiger partial charge in [-0.15, -0.1) is 0 Å². The smallest absolute Gasteiger partial charge is 0.356 e. The lowest BCUT2D eigenvalue weighted by Gasteiger charge is -2.10. The number of hydrogen-bond donors (Lipinski definition) is 3. The second-order valence-electron chi connectivity index (χ2n) is 4.65. The third-order valence-corrected chi connectivity index (χ3v) is 3.94. The van der Waals surface area contributed by atoms with Crippen LogP contribution in [0.4, 0.5) is 0 Å². The van der Waals surface area contributed by atoms with Crippen LogP contribution in [0.15, 0.2) is 29.6 Å². The highest BCUT2D eigenvalue weighted by Gasteiger charge is 2.10. The second-order valence-corrected chi connectivity index (χ2v) is 5.61. The van der Waals surface area contributed by atoms with Crippen molar-refractivity contribution in [3.63, 3.8) is 0 Å². The lowest BCUT2D eigenvalue weighted by atomic mass is 10.2.